The van der Waals surface area contributed by atoms with Crippen molar-refractivity contribution in [1.29, 1.82) is 0 Å². The van der Waals surface area contributed by atoms with Gasteiger partial charge in [-0.05, 0) is 53.6 Å². The van der Waals surface area contributed by atoms with Gasteiger partial charge in [0.15, 0.2) is 0 Å². The average molecular weight is 522 g/mol. The number of halogens is 2. The molecule has 4 aromatic rings. The van der Waals surface area contributed by atoms with E-state index in [4.69, 9.17) is 21.1 Å². The first-order valence-electron chi connectivity index (χ1n) is 10.4. The van der Waals surface area contributed by atoms with Gasteiger partial charge >= 0.3 is 0 Å². The summed E-state index contributed by atoms with van der Waals surface area (Å²) in [4.78, 5) is 4.47. The van der Waals surface area contributed by atoms with Crippen LogP contribution in [0.2, 0.25) is 5.02 Å². The summed E-state index contributed by atoms with van der Waals surface area (Å²) in [5, 5.41) is 8.69. The van der Waals surface area contributed by atoms with Gasteiger partial charge in [-0.25, -0.2) is 4.68 Å². The third-order valence-corrected chi connectivity index (χ3v) is 6.69. The molecule has 1 N–H and O–H groups in total. The highest BCUT2D eigenvalue weighted by molar-refractivity contribution is 9.10. The molecule has 0 spiro atoms. The quantitative estimate of drug-likeness (QED) is 0.345. The van der Waals surface area contributed by atoms with E-state index in [1.165, 1.54) is 0 Å². The Balaban J connectivity index is 1.62. The molecule has 3 aromatic carbocycles. The first-order chi connectivity index (χ1) is 16.1. The van der Waals surface area contributed by atoms with Crippen LogP contribution in [-0.4, -0.2) is 21.9 Å². The van der Waals surface area contributed by atoms with Crippen LogP contribution in [0.4, 0.5) is 5.95 Å². The molecule has 6 nitrogen and oxygen atoms in total. The van der Waals surface area contributed by atoms with E-state index in [2.05, 4.69) is 55.6 Å². The zero-order valence-corrected chi connectivity index (χ0v) is 19.8. The van der Waals surface area contributed by atoms with Crippen LogP contribution < -0.4 is 14.8 Å². The van der Waals surface area contributed by atoms with Crippen LogP contribution in [0, 0.1) is 0 Å². The predicted molar refractivity (Wildman–Crippen MR) is 131 cm³/mol. The van der Waals surface area contributed by atoms with Gasteiger partial charge in [0.2, 0.25) is 5.95 Å². The molecule has 164 valence electrons. The maximum absolute atomic E-state index is 6.62. The lowest BCUT2D eigenvalue weighted by molar-refractivity contribution is 0.223. The first-order valence-corrected chi connectivity index (χ1v) is 11.6. The van der Waals surface area contributed by atoms with Crippen LogP contribution in [0.5, 0.6) is 11.5 Å². The Bertz CT molecular complexity index is 1400. The molecule has 0 saturated heterocycles. The van der Waals surface area contributed by atoms with Crippen molar-refractivity contribution in [2.75, 3.05) is 12.4 Å². The van der Waals surface area contributed by atoms with Crippen molar-refractivity contribution in [3.63, 3.8) is 0 Å². The lowest BCUT2D eigenvalue weighted by Crippen LogP contribution is -2.32. The fraction of sp³-hybridized carbons (Fsp3) is 0.120. The monoisotopic (exact) mass is 520 g/mol. The molecular formula is C25H18BrClN4O2. The van der Waals surface area contributed by atoms with Crippen molar-refractivity contribution in [2.45, 2.75) is 12.1 Å². The fourth-order valence-corrected chi connectivity index (χ4v) is 5.08. The summed E-state index contributed by atoms with van der Waals surface area (Å²) in [6, 6.07) is 21.6. The molecule has 8 heteroatoms. The highest BCUT2D eigenvalue weighted by atomic mass is 79.9. The number of anilines is 1. The molecule has 0 aliphatic carbocycles. The highest BCUT2D eigenvalue weighted by Crippen LogP contribution is 2.51. The van der Waals surface area contributed by atoms with Crippen molar-refractivity contribution in [2.24, 2.45) is 0 Å². The normalized spacial score (nSPS) is 18.5. The Kier molecular flexibility index (Phi) is 4.89. The summed E-state index contributed by atoms with van der Waals surface area (Å²) in [7, 11) is 1.66. The van der Waals surface area contributed by atoms with E-state index in [1.54, 1.807) is 13.4 Å². The summed E-state index contributed by atoms with van der Waals surface area (Å²) in [5.74, 6) is 2.22. The number of aromatic nitrogens is 3. The Labute approximate surface area is 204 Å². The summed E-state index contributed by atoms with van der Waals surface area (Å²) >= 11 is 10.00. The number of hydrogen-bond acceptors (Lipinski definition) is 5. The Morgan fingerprint density at radius 3 is 2.70 bits per heavy atom. The molecule has 3 heterocycles. The van der Waals surface area contributed by atoms with Crippen LogP contribution in [0.3, 0.4) is 0 Å². The van der Waals surface area contributed by atoms with E-state index in [-0.39, 0.29) is 12.1 Å². The molecule has 2 aliphatic rings. The van der Waals surface area contributed by atoms with Crippen LogP contribution in [0.25, 0.3) is 5.70 Å². The van der Waals surface area contributed by atoms with E-state index in [1.807, 2.05) is 47.1 Å². The number of ether oxygens (including phenoxy) is 2. The zero-order chi connectivity index (χ0) is 22.5. The summed E-state index contributed by atoms with van der Waals surface area (Å²) in [6.07, 6.45) is 1.22. The summed E-state index contributed by atoms with van der Waals surface area (Å²) in [5.41, 5.74) is 4.94. The molecule has 1 aromatic heterocycles. The van der Waals surface area contributed by atoms with Crippen molar-refractivity contribution >= 4 is 39.2 Å². The highest BCUT2D eigenvalue weighted by Gasteiger charge is 2.41. The average Bonchev–Trinajstić information content (AvgIpc) is 3.31. The van der Waals surface area contributed by atoms with E-state index >= 15 is 0 Å². The zero-order valence-electron chi connectivity index (χ0n) is 17.5. The largest absolute Gasteiger partial charge is 0.497 e. The van der Waals surface area contributed by atoms with Gasteiger partial charge in [-0.2, -0.15) is 10.1 Å². The maximum Gasteiger partial charge on any atom is 0.226 e. The molecular weight excluding hydrogens is 504 g/mol. The van der Waals surface area contributed by atoms with Gasteiger partial charge in [0, 0.05) is 20.6 Å². The number of hydrogen-bond donors (Lipinski definition) is 1. The number of benzene rings is 3. The predicted octanol–water partition coefficient (Wildman–Crippen LogP) is 6.26. The molecule has 33 heavy (non-hydrogen) atoms. The molecule has 2 atom stereocenters. The fourth-order valence-electron chi connectivity index (χ4n) is 4.49. The Hall–Kier alpha value is -3.29. The number of fused-ring (bicyclic) bond motifs is 3. The van der Waals surface area contributed by atoms with Crippen molar-refractivity contribution in [1.82, 2.24) is 14.8 Å². The number of nitrogens with zero attached hydrogens (tertiary/aromatic N) is 3. The number of nitrogens with one attached hydrogen (secondary N) is 1. The van der Waals surface area contributed by atoms with Crippen LogP contribution in [0.15, 0.2) is 83.1 Å². The van der Waals surface area contributed by atoms with Crippen molar-refractivity contribution in [3.8, 4) is 11.5 Å². The minimum atomic E-state index is -0.344. The van der Waals surface area contributed by atoms with Gasteiger partial charge in [-0.3, -0.25) is 0 Å². The second kappa shape index (κ2) is 7.93. The van der Waals surface area contributed by atoms with Gasteiger partial charge in [-0.15, -0.1) is 0 Å². The number of rotatable bonds is 3. The van der Waals surface area contributed by atoms with Crippen LogP contribution in [-0.2, 0) is 0 Å². The van der Waals surface area contributed by atoms with E-state index < -0.39 is 0 Å². The molecule has 0 unspecified atom stereocenters. The topological polar surface area (TPSA) is 61.2 Å². The lowest BCUT2D eigenvalue weighted by atomic mass is 9.84. The minimum absolute atomic E-state index is 0.235. The Morgan fingerprint density at radius 2 is 1.91 bits per heavy atom. The van der Waals surface area contributed by atoms with Gasteiger partial charge in [0.05, 0.1) is 12.8 Å². The van der Waals surface area contributed by atoms with E-state index in [0.29, 0.717) is 11.0 Å². The van der Waals surface area contributed by atoms with Crippen LogP contribution >= 0.6 is 27.5 Å². The lowest BCUT2D eigenvalue weighted by Gasteiger charge is -2.39. The third kappa shape index (κ3) is 3.39. The van der Waals surface area contributed by atoms with Crippen molar-refractivity contribution < 1.29 is 9.47 Å². The van der Waals surface area contributed by atoms with Gasteiger partial charge in [0.25, 0.3) is 0 Å². The van der Waals surface area contributed by atoms with Gasteiger partial charge in [-0.1, -0.05) is 51.8 Å². The third-order valence-electron chi connectivity index (χ3n) is 5.96. The van der Waals surface area contributed by atoms with E-state index in [0.717, 1.165) is 43.9 Å². The van der Waals surface area contributed by atoms with Crippen LogP contribution in [0.1, 0.15) is 28.8 Å². The van der Waals surface area contributed by atoms with Gasteiger partial charge in [0.1, 0.15) is 30.0 Å². The molecule has 0 bridgehead atoms. The standard InChI is InChI=1S/C25H18BrClN4O2/c1-32-18-8-5-14(6-9-18)23-21-22(30-25-28-13-29-31(23)25)19-12-17(27)7-10-20(19)33-24(21)15-3-2-4-16(26)11-15/h2-13,23-24H,1H3,(H,28,29,30)/t23-,24+/m1/s1. The molecule has 6 rings (SSSR count). The van der Waals surface area contributed by atoms with E-state index in [9.17, 15) is 0 Å². The smallest absolute Gasteiger partial charge is 0.226 e. The molecule has 0 radical (unpaired) electrons. The molecule has 0 saturated carbocycles. The first kappa shape index (κ1) is 20.3. The second-order valence-corrected chi connectivity index (χ2v) is 9.20. The SMILES string of the molecule is COc1ccc([C@@H]2C3=C(Nc4ncnn42)c2cc(Cl)ccc2O[C@H]3c2cccc(Br)c2)cc1. The van der Waals surface area contributed by atoms with Gasteiger partial charge < -0.3 is 14.8 Å². The second-order valence-electron chi connectivity index (χ2n) is 7.85. The number of methoxy groups -OCH3 is 1. The molecule has 2 aliphatic heterocycles. The molecule has 0 fully saturated rings. The Morgan fingerprint density at radius 1 is 1.06 bits per heavy atom. The summed E-state index contributed by atoms with van der Waals surface area (Å²) in [6.45, 7) is 0. The minimum Gasteiger partial charge on any atom is -0.497 e. The van der Waals surface area contributed by atoms with Crippen molar-refractivity contribution in [3.05, 3.63) is 105 Å². The maximum atomic E-state index is 6.62. The molecule has 0 amide bonds. The summed E-state index contributed by atoms with van der Waals surface area (Å²) < 4.78 is 14.9.